The number of fused-ring (bicyclic) bond motifs is 2. The maximum atomic E-state index is 5.66. The molecule has 0 radical (unpaired) electrons. The van der Waals surface area contributed by atoms with Gasteiger partial charge >= 0.3 is 0 Å². The number of ether oxygens (including phenoxy) is 2. The third-order valence-electron chi connectivity index (χ3n) is 3.39. The lowest BCUT2D eigenvalue weighted by atomic mass is 9.95. The molecule has 3 unspecified atom stereocenters. The Bertz CT molecular complexity index is 200. The summed E-state index contributed by atoms with van der Waals surface area (Å²) in [5, 5.41) is 0. The van der Waals surface area contributed by atoms with Crippen LogP contribution in [0.4, 0.5) is 0 Å². The van der Waals surface area contributed by atoms with Gasteiger partial charge in [0.25, 0.3) is 0 Å². The van der Waals surface area contributed by atoms with Crippen molar-refractivity contribution in [1.82, 2.24) is 0 Å². The van der Waals surface area contributed by atoms with Crippen LogP contribution < -0.4 is 0 Å². The van der Waals surface area contributed by atoms with Gasteiger partial charge in [-0.1, -0.05) is 12.2 Å². The molecule has 0 heterocycles. The van der Waals surface area contributed by atoms with E-state index in [4.69, 9.17) is 9.47 Å². The molecule has 0 saturated heterocycles. The summed E-state index contributed by atoms with van der Waals surface area (Å²) in [6, 6.07) is 0. The van der Waals surface area contributed by atoms with Gasteiger partial charge in [-0.2, -0.15) is 0 Å². The predicted molar refractivity (Wildman–Crippen MR) is 56.2 cm³/mol. The van der Waals surface area contributed by atoms with E-state index in [-0.39, 0.29) is 0 Å². The minimum atomic E-state index is 0.799. The lowest BCUT2D eigenvalue weighted by molar-refractivity contribution is 0.0722. The number of hydrogen-bond donors (Lipinski definition) is 0. The van der Waals surface area contributed by atoms with E-state index in [9.17, 15) is 0 Å². The molecule has 2 rings (SSSR count). The molecule has 0 N–H and O–H groups in total. The van der Waals surface area contributed by atoms with Crippen LogP contribution in [-0.4, -0.2) is 26.9 Å². The second-order valence-electron chi connectivity index (χ2n) is 4.46. The monoisotopic (exact) mass is 196 g/mol. The summed E-state index contributed by atoms with van der Waals surface area (Å²) in [6.45, 7) is 2.62. The Hall–Kier alpha value is -0.340. The van der Waals surface area contributed by atoms with Gasteiger partial charge in [0, 0.05) is 26.9 Å². The van der Waals surface area contributed by atoms with Crippen LogP contribution in [-0.2, 0) is 9.47 Å². The highest BCUT2D eigenvalue weighted by Gasteiger charge is 2.35. The molecule has 0 spiro atoms. The molecule has 3 atom stereocenters. The molecule has 1 fully saturated rings. The standard InChI is InChI=1S/C12H20O2/c1-13-5-2-6-14-9-12-8-10-3-4-11(12)7-10/h3-4,10-12H,2,5-9H2,1H3. The van der Waals surface area contributed by atoms with Crippen LogP contribution in [0, 0.1) is 17.8 Å². The first kappa shape index (κ1) is 10.2. The van der Waals surface area contributed by atoms with Crippen LogP contribution in [0.15, 0.2) is 12.2 Å². The van der Waals surface area contributed by atoms with Crippen LogP contribution in [0.1, 0.15) is 19.3 Å². The summed E-state index contributed by atoms with van der Waals surface area (Å²) in [4.78, 5) is 0. The van der Waals surface area contributed by atoms with Gasteiger partial charge in [0.15, 0.2) is 0 Å². The number of allylic oxidation sites excluding steroid dienone is 2. The Kier molecular flexibility index (Phi) is 3.60. The predicted octanol–water partition coefficient (Wildman–Crippen LogP) is 2.25. The molecule has 0 aromatic heterocycles. The smallest absolute Gasteiger partial charge is 0.0500 e. The summed E-state index contributed by atoms with van der Waals surface area (Å²) in [6.07, 6.45) is 8.52. The third-order valence-corrected chi connectivity index (χ3v) is 3.39. The zero-order valence-electron chi connectivity index (χ0n) is 8.95. The first-order valence-corrected chi connectivity index (χ1v) is 5.65. The topological polar surface area (TPSA) is 18.5 Å². The van der Waals surface area contributed by atoms with E-state index >= 15 is 0 Å². The summed E-state index contributed by atoms with van der Waals surface area (Å²) in [7, 11) is 1.74. The molecular formula is C12H20O2. The van der Waals surface area contributed by atoms with Gasteiger partial charge in [0.1, 0.15) is 0 Å². The molecule has 2 bridgehead atoms. The van der Waals surface area contributed by atoms with Crippen LogP contribution >= 0.6 is 0 Å². The van der Waals surface area contributed by atoms with Crippen molar-refractivity contribution in [2.24, 2.45) is 17.8 Å². The van der Waals surface area contributed by atoms with E-state index in [2.05, 4.69) is 12.2 Å². The Morgan fingerprint density at radius 2 is 2.14 bits per heavy atom. The molecule has 2 aliphatic carbocycles. The van der Waals surface area contributed by atoms with Crippen molar-refractivity contribution in [1.29, 1.82) is 0 Å². The van der Waals surface area contributed by atoms with E-state index in [1.165, 1.54) is 12.8 Å². The second-order valence-corrected chi connectivity index (χ2v) is 4.46. The van der Waals surface area contributed by atoms with Crippen molar-refractivity contribution in [3.63, 3.8) is 0 Å². The maximum absolute atomic E-state index is 5.66. The van der Waals surface area contributed by atoms with Crippen LogP contribution in [0.5, 0.6) is 0 Å². The quantitative estimate of drug-likeness (QED) is 0.479. The van der Waals surface area contributed by atoms with Gasteiger partial charge in [0.2, 0.25) is 0 Å². The lowest BCUT2D eigenvalue weighted by Crippen LogP contribution is -2.15. The van der Waals surface area contributed by atoms with Gasteiger partial charge in [0.05, 0.1) is 0 Å². The van der Waals surface area contributed by atoms with E-state index < -0.39 is 0 Å². The average molecular weight is 196 g/mol. The van der Waals surface area contributed by atoms with Crippen LogP contribution in [0.3, 0.4) is 0 Å². The normalized spacial score (nSPS) is 34.2. The van der Waals surface area contributed by atoms with Crippen molar-refractivity contribution in [2.45, 2.75) is 19.3 Å². The Labute approximate surface area is 86.3 Å². The number of rotatable bonds is 6. The largest absolute Gasteiger partial charge is 0.385 e. The Morgan fingerprint density at radius 1 is 1.21 bits per heavy atom. The second kappa shape index (κ2) is 4.94. The molecule has 2 aliphatic rings. The fourth-order valence-corrected chi connectivity index (χ4v) is 2.63. The Balaban J connectivity index is 1.56. The molecule has 0 aromatic carbocycles. The molecule has 1 saturated carbocycles. The van der Waals surface area contributed by atoms with Gasteiger partial charge in [-0.05, 0) is 37.0 Å². The summed E-state index contributed by atoms with van der Waals surface area (Å²) >= 11 is 0. The first-order chi connectivity index (χ1) is 6.90. The lowest BCUT2D eigenvalue weighted by Gasteiger charge is -2.17. The maximum Gasteiger partial charge on any atom is 0.0500 e. The van der Waals surface area contributed by atoms with Crippen molar-refractivity contribution >= 4 is 0 Å². The van der Waals surface area contributed by atoms with Crippen molar-refractivity contribution in [3.8, 4) is 0 Å². The Morgan fingerprint density at radius 3 is 2.79 bits per heavy atom. The zero-order valence-corrected chi connectivity index (χ0v) is 8.95. The third kappa shape index (κ3) is 2.37. The first-order valence-electron chi connectivity index (χ1n) is 5.65. The van der Waals surface area contributed by atoms with Gasteiger partial charge in [-0.25, -0.2) is 0 Å². The molecule has 0 amide bonds. The number of hydrogen-bond acceptors (Lipinski definition) is 2. The van der Waals surface area contributed by atoms with Crippen molar-refractivity contribution in [3.05, 3.63) is 12.2 Å². The highest BCUT2D eigenvalue weighted by Crippen LogP contribution is 2.43. The average Bonchev–Trinajstić information content (AvgIpc) is 2.79. The van der Waals surface area contributed by atoms with Gasteiger partial charge in [-0.15, -0.1) is 0 Å². The fourth-order valence-electron chi connectivity index (χ4n) is 2.63. The number of methoxy groups -OCH3 is 1. The van der Waals surface area contributed by atoms with E-state index in [1.54, 1.807) is 7.11 Å². The summed E-state index contributed by atoms with van der Waals surface area (Å²) in [5.74, 6) is 2.49. The molecule has 14 heavy (non-hydrogen) atoms. The molecular weight excluding hydrogens is 176 g/mol. The highest BCUT2D eigenvalue weighted by atomic mass is 16.5. The van der Waals surface area contributed by atoms with Crippen molar-refractivity contribution in [2.75, 3.05) is 26.9 Å². The summed E-state index contributed by atoms with van der Waals surface area (Å²) in [5.41, 5.74) is 0. The molecule has 80 valence electrons. The minimum absolute atomic E-state index is 0.799. The highest BCUT2D eigenvalue weighted by molar-refractivity contribution is 5.09. The van der Waals surface area contributed by atoms with E-state index in [0.717, 1.165) is 44.0 Å². The van der Waals surface area contributed by atoms with E-state index in [0.29, 0.717) is 0 Å². The SMILES string of the molecule is COCCCOCC1CC2C=CC1C2. The van der Waals surface area contributed by atoms with Crippen LogP contribution in [0.2, 0.25) is 0 Å². The molecule has 0 aromatic rings. The summed E-state index contributed by atoms with van der Waals surface area (Å²) < 4.78 is 10.6. The molecule has 2 nitrogen and oxygen atoms in total. The van der Waals surface area contributed by atoms with Gasteiger partial charge < -0.3 is 9.47 Å². The molecule has 0 aliphatic heterocycles. The van der Waals surface area contributed by atoms with Crippen LogP contribution in [0.25, 0.3) is 0 Å². The fraction of sp³-hybridized carbons (Fsp3) is 0.833. The van der Waals surface area contributed by atoms with E-state index in [1.807, 2.05) is 0 Å². The van der Waals surface area contributed by atoms with Gasteiger partial charge in [-0.3, -0.25) is 0 Å². The minimum Gasteiger partial charge on any atom is -0.385 e. The zero-order chi connectivity index (χ0) is 9.80. The molecule has 2 heteroatoms. The van der Waals surface area contributed by atoms with Crippen molar-refractivity contribution < 1.29 is 9.47 Å².